The molecule has 3 aromatic rings. The molecule has 0 aliphatic carbocycles. The van der Waals surface area contributed by atoms with Gasteiger partial charge in [-0.05, 0) is 19.4 Å². The summed E-state index contributed by atoms with van der Waals surface area (Å²) in [6.07, 6.45) is -0.205. The van der Waals surface area contributed by atoms with Gasteiger partial charge in [0, 0.05) is 35.2 Å². The molecule has 0 aliphatic rings. The van der Waals surface area contributed by atoms with Gasteiger partial charge in [0.1, 0.15) is 0 Å². The van der Waals surface area contributed by atoms with Crippen LogP contribution in [-0.2, 0) is 16.0 Å². The number of esters is 1. The number of carbonyl (C=O) groups excluding carboxylic acids is 3. The minimum atomic E-state index is -0.647. The largest absolute Gasteiger partial charge is 0.465 e. The highest BCUT2D eigenvalue weighted by molar-refractivity contribution is 7.14. The molecule has 11 heteroatoms. The van der Waals surface area contributed by atoms with E-state index in [1.54, 1.807) is 31.4 Å². The van der Waals surface area contributed by atoms with Crippen molar-refractivity contribution in [3.05, 3.63) is 61.8 Å². The number of thiazole rings is 1. The third-order valence-corrected chi connectivity index (χ3v) is 5.62. The molecule has 1 aromatic carbocycles. The number of nitro benzene ring substituents is 1. The van der Waals surface area contributed by atoms with Crippen molar-refractivity contribution >= 4 is 39.8 Å². The lowest BCUT2D eigenvalue weighted by molar-refractivity contribution is -0.385. The Morgan fingerprint density at radius 3 is 2.62 bits per heavy atom. The minimum Gasteiger partial charge on any atom is -0.465 e. The van der Waals surface area contributed by atoms with Gasteiger partial charge in [-0.2, -0.15) is 0 Å². The fourth-order valence-electron chi connectivity index (χ4n) is 3.27. The van der Waals surface area contributed by atoms with E-state index in [2.05, 4.69) is 15.3 Å². The zero-order chi connectivity index (χ0) is 23.6. The highest BCUT2D eigenvalue weighted by Gasteiger charge is 2.24. The average molecular weight is 456 g/mol. The van der Waals surface area contributed by atoms with Crippen LogP contribution in [0.3, 0.4) is 0 Å². The Morgan fingerprint density at radius 1 is 1.28 bits per heavy atom. The second kappa shape index (κ2) is 9.10. The quantitative estimate of drug-likeness (QED) is 0.238. The highest BCUT2D eigenvalue weighted by Crippen LogP contribution is 2.29. The number of anilines is 1. The molecule has 1 amide bonds. The van der Waals surface area contributed by atoms with Crippen LogP contribution < -0.4 is 5.32 Å². The van der Waals surface area contributed by atoms with E-state index < -0.39 is 16.8 Å². The van der Waals surface area contributed by atoms with Crippen LogP contribution in [0.2, 0.25) is 0 Å². The van der Waals surface area contributed by atoms with Crippen LogP contribution >= 0.6 is 11.3 Å². The maximum absolute atomic E-state index is 12.6. The van der Waals surface area contributed by atoms with E-state index in [4.69, 9.17) is 4.74 Å². The van der Waals surface area contributed by atoms with Crippen LogP contribution in [0.15, 0.2) is 23.6 Å². The Morgan fingerprint density at radius 2 is 2.00 bits per heavy atom. The zero-order valence-electron chi connectivity index (χ0n) is 17.8. The molecule has 0 spiro atoms. The maximum Gasteiger partial charge on any atom is 0.339 e. The summed E-state index contributed by atoms with van der Waals surface area (Å²) in [6, 6.07) is 4.79. The first kappa shape index (κ1) is 22.8. The van der Waals surface area contributed by atoms with E-state index in [1.807, 2.05) is 0 Å². The summed E-state index contributed by atoms with van der Waals surface area (Å²) in [7, 11) is 1.22. The number of aromatic amines is 1. The molecule has 166 valence electrons. The van der Waals surface area contributed by atoms with Gasteiger partial charge >= 0.3 is 5.97 Å². The van der Waals surface area contributed by atoms with Crippen LogP contribution in [-0.4, -0.2) is 39.7 Å². The highest BCUT2D eigenvalue weighted by atomic mass is 32.1. The van der Waals surface area contributed by atoms with E-state index >= 15 is 0 Å². The standard InChI is InChI=1S/C21H20N4O6S/c1-10-5-6-13(7-16(10)25(29)30)15-9-32-21(23-15)24-17(27)8-14-18(20(28)31-4)11(2)19(22-14)12(3)26/h5-7,9,22H,8H2,1-4H3,(H,23,24,27). The fraction of sp³-hybridized carbons (Fsp3) is 0.238. The molecule has 10 nitrogen and oxygen atoms in total. The summed E-state index contributed by atoms with van der Waals surface area (Å²) >= 11 is 1.16. The monoisotopic (exact) mass is 456 g/mol. The molecule has 0 fully saturated rings. The predicted octanol–water partition coefficient (Wildman–Crippen LogP) is 3.83. The van der Waals surface area contributed by atoms with Gasteiger partial charge < -0.3 is 15.0 Å². The number of benzene rings is 1. The van der Waals surface area contributed by atoms with E-state index in [9.17, 15) is 24.5 Å². The smallest absolute Gasteiger partial charge is 0.339 e. The van der Waals surface area contributed by atoms with Crippen molar-refractivity contribution < 1.29 is 24.0 Å². The normalized spacial score (nSPS) is 10.6. The number of nitrogens with zero attached hydrogens (tertiary/aromatic N) is 2. The molecule has 3 rings (SSSR count). The fourth-order valence-corrected chi connectivity index (χ4v) is 4.01. The minimum absolute atomic E-state index is 0.0141. The predicted molar refractivity (Wildman–Crippen MR) is 118 cm³/mol. The number of nitrogens with one attached hydrogen (secondary N) is 2. The summed E-state index contributed by atoms with van der Waals surface area (Å²) in [5.41, 5.74) is 2.64. The van der Waals surface area contributed by atoms with Gasteiger partial charge in [-0.15, -0.1) is 11.3 Å². The number of rotatable bonds is 7. The van der Waals surface area contributed by atoms with Gasteiger partial charge in [-0.3, -0.25) is 19.7 Å². The van der Waals surface area contributed by atoms with Gasteiger partial charge in [0.05, 0.1) is 35.4 Å². The number of nitro groups is 1. The molecule has 2 aromatic heterocycles. The Balaban J connectivity index is 1.80. The molecular weight excluding hydrogens is 436 g/mol. The number of hydrogen-bond acceptors (Lipinski definition) is 8. The van der Waals surface area contributed by atoms with Gasteiger partial charge in [-0.1, -0.05) is 12.1 Å². The molecule has 2 heterocycles. The van der Waals surface area contributed by atoms with Crippen molar-refractivity contribution in [3.8, 4) is 11.3 Å². The Hall–Kier alpha value is -3.86. The number of amides is 1. The lowest BCUT2D eigenvalue weighted by atomic mass is 10.1. The van der Waals surface area contributed by atoms with Crippen molar-refractivity contribution in [2.24, 2.45) is 0 Å². The number of Topliss-reactive ketones (excluding diaryl/α,β-unsaturated/α-hetero) is 1. The summed E-state index contributed by atoms with van der Waals surface area (Å²) in [6.45, 7) is 4.61. The molecule has 0 radical (unpaired) electrons. The summed E-state index contributed by atoms with van der Waals surface area (Å²) in [4.78, 5) is 54.4. The topological polar surface area (TPSA) is 144 Å². The third-order valence-electron chi connectivity index (χ3n) is 4.86. The van der Waals surface area contributed by atoms with Gasteiger partial charge in [0.2, 0.25) is 5.91 Å². The van der Waals surface area contributed by atoms with Crippen LogP contribution in [0.4, 0.5) is 10.8 Å². The summed E-state index contributed by atoms with van der Waals surface area (Å²) < 4.78 is 4.78. The first-order valence-electron chi connectivity index (χ1n) is 9.43. The van der Waals surface area contributed by atoms with Crippen LogP contribution in [0.25, 0.3) is 11.3 Å². The van der Waals surface area contributed by atoms with Crippen molar-refractivity contribution in [1.29, 1.82) is 0 Å². The number of hydrogen-bond donors (Lipinski definition) is 2. The Kier molecular flexibility index (Phi) is 6.49. The van der Waals surface area contributed by atoms with E-state index in [0.29, 0.717) is 27.5 Å². The number of ketones is 1. The summed E-state index contributed by atoms with van der Waals surface area (Å²) in [5.74, 6) is -1.37. The van der Waals surface area contributed by atoms with Crippen molar-refractivity contribution in [3.63, 3.8) is 0 Å². The number of methoxy groups -OCH3 is 1. The van der Waals surface area contributed by atoms with Crippen molar-refractivity contribution in [2.45, 2.75) is 27.2 Å². The number of aryl methyl sites for hydroxylation is 1. The Bertz CT molecular complexity index is 1240. The van der Waals surface area contributed by atoms with Crippen LogP contribution in [0.5, 0.6) is 0 Å². The molecule has 0 atom stereocenters. The second-order valence-electron chi connectivity index (χ2n) is 7.05. The molecular formula is C21H20N4O6S. The van der Waals surface area contributed by atoms with Crippen LogP contribution in [0, 0.1) is 24.0 Å². The van der Waals surface area contributed by atoms with Gasteiger partial charge in [0.25, 0.3) is 5.69 Å². The molecule has 0 aliphatic heterocycles. The van der Waals surface area contributed by atoms with Gasteiger partial charge in [-0.25, -0.2) is 9.78 Å². The SMILES string of the molecule is COC(=O)c1c(CC(=O)Nc2nc(-c3ccc(C)c([N+](=O)[O-])c3)cs2)[nH]c(C(C)=O)c1C. The first-order chi connectivity index (χ1) is 15.1. The average Bonchev–Trinajstić information content (AvgIpc) is 3.32. The Labute approximate surface area is 186 Å². The van der Waals surface area contributed by atoms with E-state index in [1.165, 1.54) is 20.1 Å². The van der Waals surface area contributed by atoms with Gasteiger partial charge in [0.15, 0.2) is 10.9 Å². The van der Waals surface area contributed by atoms with Crippen molar-refractivity contribution in [2.75, 3.05) is 12.4 Å². The number of aromatic nitrogens is 2. The summed E-state index contributed by atoms with van der Waals surface area (Å²) in [5, 5.41) is 15.8. The first-order valence-corrected chi connectivity index (χ1v) is 10.3. The molecule has 2 N–H and O–H groups in total. The lowest BCUT2D eigenvalue weighted by Crippen LogP contribution is -2.17. The number of H-pyrrole nitrogens is 1. The maximum atomic E-state index is 12.6. The number of ether oxygens (including phenoxy) is 1. The zero-order valence-corrected chi connectivity index (χ0v) is 18.6. The van der Waals surface area contributed by atoms with E-state index in [-0.39, 0.29) is 34.8 Å². The second-order valence-corrected chi connectivity index (χ2v) is 7.91. The molecule has 0 saturated heterocycles. The molecule has 0 saturated carbocycles. The molecule has 0 bridgehead atoms. The number of carbonyl (C=O) groups is 3. The molecule has 32 heavy (non-hydrogen) atoms. The third kappa shape index (κ3) is 4.57. The lowest BCUT2D eigenvalue weighted by Gasteiger charge is -2.04. The molecule has 0 unspecified atom stereocenters. The van der Waals surface area contributed by atoms with E-state index in [0.717, 1.165) is 11.3 Å². The van der Waals surface area contributed by atoms with Crippen molar-refractivity contribution in [1.82, 2.24) is 9.97 Å². The van der Waals surface area contributed by atoms with Crippen LogP contribution in [0.1, 0.15) is 44.6 Å².